The molecule has 1 fully saturated rings. The van der Waals surface area contributed by atoms with Gasteiger partial charge in [0.15, 0.2) is 0 Å². The highest BCUT2D eigenvalue weighted by Crippen LogP contribution is 2.29. The Bertz CT molecular complexity index is 372. The van der Waals surface area contributed by atoms with Crippen molar-refractivity contribution in [1.82, 2.24) is 0 Å². The summed E-state index contributed by atoms with van der Waals surface area (Å²) in [4.78, 5) is 0. The fourth-order valence-electron chi connectivity index (χ4n) is 2.32. The van der Waals surface area contributed by atoms with Crippen molar-refractivity contribution in [3.05, 3.63) is 35.6 Å². The predicted molar refractivity (Wildman–Crippen MR) is 64.3 cm³/mol. The van der Waals surface area contributed by atoms with Gasteiger partial charge in [-0.2, -0.15) is 0 Å². The molecule has 1 N–H and O–H groups in total. The van der Waals surface area contributed by atoms with Crippen molar-refractivity contribution < 1.29 is 14.2 Å². The van der Waals surface area contributed by atoms with Crippen LogP contribution in [-0.2, 0) is 11.2 Å². The first kappa shape index (κ1) is 12.5. The third-order valence-electron chi connectivity index (χ3n) is 3.52. The normalized spacial score (nSPS) is 26.8. The average Bonchev–Trinajstić information content (AvgIpc) is 2.30. The first-order valence-electron chi connectivity index (χ1n) is 6.17. The molecular weight excluding hydrogens is 219 g/mol. The van der Waals surface area contributed by atoms with Gasteiger partial charge < -0.3 is 9.84 Å². The summed E-state index contributed by atoms with van der Waals surface area (Å²) in [6.45, 7) is 2.65. The van der Waals surface area contributed by atoms with Gasteiger partial charge in [0.1, 0.15) is 5.82 Å². The van der Waals surface area contributed by atoms with Gasteiger partial charge >= 0.3 is 0 Å². The molecule has 2 rings (SSSR count). The van der Waals surface area contributed by atoms with E-state index in [1.807, 2.05) is 13.0 Å². The van der Waals surface area contributed by atoms with Crippen LogP contribution in [0.25, 0.3) is 0 Å². The molecular formula is C14H19FO2. The van der Waals surface area contributed by atoms with Crippen molar-refractivity contribution in [2.24, 2.45) is 0 Å². The Kier molecular flexibility index (Phi) is 3.79. The molecule has 1 aromatic rings. The van der Waals surface area contributed by atoms with Crippen molar-refractivity contribution >= 4 is 0 Å². The van der Waals surface area contributed by atoms with Crippen molar-refractivity contribution in [3.63, 3.8) is 0 Å². The van der Waals surface area contributed by atoms with E-state index in [1.54, 1.807) is 6.07 Å². The molecule has 3 heteroatoms. The third kappa shape index (κ3) is 3.05. The molecule has 0 radical (unpaired) electrons. The maximum absolute atomic E-state index is 13.0. The second kappa shape index (κ2) is 5.15. The largest absolute Gasteiger partial charge is 0.390 e. The Balaban J connectivity index is 2.02. The summed E-state index contributed by atoms with van der Waals surface area (Å²) in [5.41, 5.74) is 0.331. The summed E-state index contributed by atoms with van der Waals surface area (Å²) in [7, 11) is 0. The second-order valence-corrected chi connectivity index (χ2v) is 4.97. The Morgan fingerprint density at radius 3 is 2.94 bits per heavy atom. The number of hydrogen-bond donors (Lipinski definition) is 1. The van der Waals surface area contributed by atoms with Crippen LogP contribution in [0.2, 0.25) is 0 Å². The maximum Gasteiger partial charge on any atom is 0.123 e. The zero-order chi connectivity index (χ0) is 12.3. The van der Waals surface area contributed by atoms with Crippen LogP contribution in [0.3, 0.4) is 0 Å². The number of aliphatic hydroxyl groups excluding tert-OH is 1. The minimum Gasteiger partial charge on any atom is -0.390 e. The highest BCUT2D eigenvalue weighted by molar-refractivity contribution is 5.17. The third-order valence-corrected chi connectivity index (χ3v) is 3.52. The number of ether oxygens (including phenoxy) is 1. The second-order valence-electron chi connectivity index (χ2n) is 4.97. The summed E-state index contributed by atoms with van der Waals surface area (Å²) in [5, 5.41) is 10.2. The van der Waals surface area contributed by atoms with Crippen LogP contribution < -0.4 is 0 Å². The van der Waals surface area contributed by atoms with E-state index in [0.29, 0.717) is 13.0 Å². The maximum atomic E-state index is 13.0. The quantitative estimate of drug-likeness (QED) is 0.877. The molecule has 0 aromatic heterocycles. The van der Waals surface area contributed by atoms with Gasteiger partial charge in [-0.1, -0.05) is 12.1 Å². The number of benzene rings is 1. The summed E-state index contributed by atoms with van der Waals surface area (Å²) in [6.07, 6.45) is 2.86. The number of rotatable bonds is 3. The molecule has 0 bridgehead atoms. The van der Waals surface area contributed by atoms with Crippen LogP contribution in [0.5, 0.6) is 0 Å². The summed E-state index contributed by atoms with van der Waals surface area (Å²) in [5.74, 6) is -0.260. The lowest BCUT2D eigenvalue weighted by atomic mass is 9.87. The van der Waals surface area contributed by atoms with E-state index in [-0.39, 0.29) is 5.82 Å². The van der Waals surface area contributed by atoms with E-state index in [9.17, 15) is 9.50 Å². The monoisotopic (exact) mass is 238 g/mol. The van der Waals surface area contributed by atoms with Crippen molar-refractivity contribution in [3.8, 4) is 0 Å². The van der Waals surface area contributed by atoms with Gasteiger partial charge in [0.05, 0.1) is 11.7 Å². The lowest BCUT2D eigenvalue weighted by Crippen LogP contribution is -2.45. The van der Waals surface area contributed by atoms with Gasteiger partial charge in [-0.05, 0) is 43.9 Å². The molecule has 17 heavy (non-hydrogen) atoms. The van der Waals surface area contributed by atoms with Crippen LogP contribution >= 0.6 is 0 Å². The molecule has 0 amide bonds. The molecule has 1 aromatic carbocycles. The zero-order valence-corrected chi connectivity index (χ0v) is 10.2. The fourth-order valence-corrected chi connectivity index (χ4v) is 2.32. The molecule has 1 heterocycles. The molecule has 94 valence electrons. The Labute approximate surface area is 101 Å². The van der Waals surface area contributed by atoms with E-state index < -0.39 is 11.7 Å². The zero-order valence-electron chi connectivity index (χ0n) is 10.2. The van der Waals surface area contributed by atoms with Crippen LogP contribution in [0.1, 0.15) is 31.7 Å². The highest BCUT2D eigenvalue weighted by atomic mass is 19.1. The molecule has 1 aliphatic heterocycles. The van der Waals surface area contributed by atoms with Gasteiger partial charge in [-0.25, -0.2) is 4.39 Å². The topological polar surface area (TPSA) is 29.5 Å². The molecule has 2 unspecified atom stereocenters. The number of hydrogen-bond acceptors (Lipinski definition) is 2. The van der Waals surface area contributed by atoms with Gasteiger partial charge in [0.2, 0.25) is 0 Å². The van der Waals surface area contributed by atoms with Crippen LogP contribution in [-0.4, -0.2) is 23.4 Å². The minimum absolute atomic E-state index is 0.260. The van der Waals surface area contributed by atoms with E-state index >= 15 is 0 Å². The van der Waals surface area contributed by atoms with Crippen molar-refractivity contribution in [2.45, 2.75) is 44.3 Å². The molecule has 1 aliphatic rings. The number of aliphatic hydroxyl groups is 1. The average molecular weight is 238 g/mol. The van der Waals surface area contributed by atoms with Gasteiger partial charge in [0.25, 0.3) is 0 Å². The minimum atomic E-state index is -0.579. The van der Waals surface area contributed by atoms with Crippen LogP contribution in [0.4, 0.5) is 4.39 Å². The van der Waals surface area contributed by atoms with Gasteiger partial charge in [0, 0.05) is 13.0 Å². The lowest BCUT2D eigenvalue weighted by Gasteiger charge is -2.38. The molecule has 2 atom stereocenters. The van der Waals surface area contributed by atoms with E-state index in [2.05, 4.69) is 0 Å². The molecule has 0 spiro atoms. The first-order valence-corrected chi connectivity index (χ1v) is 6.17. The van der Waals surface area contributed by atoms with Gasteiger partial charge in [-0.15, -0.1) is 0 Å². The highest BCUT2D eigenvalue weighted by Gasteiger charge is 2.35. The van der Waals surface area contributed by atoms with Crippen LogP contribution in [0, 0.1) is 5.82 Å². The van der Waals surface area contributed by atoms with Crippen molar-refractivity contribution in [2.75, 3.05) is 6.61 Å². The summed E-state index contributed by atoms with van der Waals surface area (Å²) >= 11 is 0. The Hall–Kier alpha value is -0.930. The fraction of sp³-hybridized carbons (Fsp3) is 0.571. The molecule has 0 aliphatic carbocycles. The Morgan fingerprint density at radius 2 is 2.29 bits per heavy atom. The lowest BCUT2D eigenvalue weighted by molar-refractivity contribution is -0.135. The van der Waals surface area contributed by atoms with E-state index in [1.165, 1.54) is 12.1 Å². The SMILES string of the molecule is CC1(C(O)Cc2cccc(F)c2)CCCCO1. The van der Waals surface area contributed by atoms with Crippen LogP contribution in [0.15, 0.2) is 24.3 Å². The van der Waals surface area contributed by atoms with E-state index in [4.69, 9.17) is 4.74 Å². The Morgan fingerprint density at radius 1 is 1.47 bits per heavy atom. The van der Waals surface area contributed by atoms with E-state index in [0.717, 1.165) is 24.8 Å². The number of halogens is 1. The molecule has 2 nitrogen and oxygen atoms in total. The smallest absolute Gasteiger partial charge is 0.123 e. The standard InChI is InChI=1S/C14H19FO2/c1-14(7-2-3-8-17-14)13(16)10-11-5-4-6-12(15)9-11/h4-6,9,13,16H,2-3,7-8,10H2,1H3. The predicted octanol–water partition coefficient (Wildman–Crippen LogP) is 2.69. The molecule has 1 saturated heterocycles. The first-order chi connectivity index (χ1) is 8.10. The summed E-state index contributed by atoms with van der Waals surface area (Å²) < 4.78 is 18.7. The van der Waals surface area contributed by atoms with Crippen molar-refractivity contribution in [1.29, 1.82) is 0 Å². The summed E-state index contributed by atoms with van der Waals surface area (Å²) in [6, 6.07) is 6.38. The molecule has 0 saturated carbocycles. The van der Waals surface area contributed by atoms with Gasteiger partial charge in [-0.3, -0.25) is 0 Å².